The molecule has 2 aromatic heterocycles. The van der Waals surface area contributed by atoms with Gasteiger partial charge in [-0.05, 0) is 36.2 Å². The second kappa shape index (κ2) is 5.72. The third kappa shape index (κ3) is 2.91. The minimum atomic E-state index is -3.66. The summed E-state index contributed by atoms with van der Waals surface area (Å²) in [6, 6.07) is 10.0. The molecular weight excluding hydrogens is 302 g/mol. The fraction of sp³-hybridized carbons (Fsp3) is 0.214. The van der Waals surface area contributed by atoms with Crippen molar-refractivity contribution >= 4 is 21.5 Å². The van der Waals surface area contributed by atoms with Gasteiger partial charge >= 0.3 is 0 Å². The summed E-state index contributed by atoms with van der Waals surface area (Å²) >= 11 is 0. The molecule has 0 aliphatic carbocycles. The van der Waals surface area contributed by atoms with Gasteiger partial charge in [-0.2, -0.15) is 4.52 Å². The lowest BCUT2D eigenvalue weighted by Crippen LogP contribution is -2.14. The van der Waals surface area contributed by atoms with Gasteiger partial charge in [-0.25, -0.2) is 8.42 Å². The van der Waals surface area contributed by atoms with Gasteiger partial charge in [0.15, 0.2) is 11.5 Å². The molecule has 3 rings (SSSR count). The van der Waals surface area contributed by atoms with E-state index < -0.39 is 10.0 Å². The summed E-state index contributed by atoms with van der Waals surface area (Å²) in [6.45, 7) is 2.08. The number of anilines is 1. The summed E-state index contributed by atoms with van der Waals surface area (Å²) in [5, 5.41) is 11.6. The van der Waals surface area contributed by atoms with Crippen LogP contribution in [0.3, 0.4) is 0 Å². The highest BCUT2D eigenvalue weighted by atomic mass is 32.2. The first-order chi connectivity index (χ1) is 10.6. The Morgan fingerprint density at radius 2 is 1.91 bits per heavy atom. The largest absolute Gasteiger partial charge is 0.263 e. The molecule has 114 valence electrons. The molecule has 0 bridgehead atoms. The normalized spacial score (nSPS) is 11.7. The molecule has 22 heavy (non-hydrogen) atoms. The van der Waals surface area contributed by atoms with Crippen LogP contribution in [0.15, 0.2) is 47.6 Å². The zero-order valence-electron chi connectivity index (χ0n) is 12.0. The monoisotopic (exact) mass is 317 g/mol. The highest BCUT2D eigenvalue weighted by molar-refractivity contribution is 7.92. The number of aromatic nitrogens is 4. The average molecular weight is 317 g/mol. The molecule has 1 aromatic carbocycles. The summed E-state index contributed by atoms with van der Waals surface area (Å²) in [5.41, 5.74) is 1.66. The van der Waals surface area contributed by atoms with Gasteiger partial charge in [0.1, 0.15) is 6.33 Å². The average Bonchev–Trinajstić information content (AvgIpc) is 2.95. The van der Waals surface area contributed by atoms with Crippen LogP contribution in [0.5, 0.6) is 0 Å². The standard InChI is InChI=1S/C14H15N5O2S/c1-2-3-11-4-6-12(7-5-11)22(20,21)18-13-8-9-14-16-15-10-19(14)17-13/h4-10H,2-3H2,1H3,(H,17,18). The number of rotatable bonds is 5. The van der Waals surface area contributed by atoms with Crippen LogP contribution in [0.1, 0.15) is 18.9 Å². The van der Waals surface area contributed by atoms with Crippen molar-refractivity contribution in [2.75, 3.05) is 4.72 Å². The third-order valence-corrected chi connectivity index (χ3v) is 4.54. The molecule has 1 N–H and O–H groups in total. The lowest BCUT2D eigenvalue weighted by Gasteiger charge is -2.08. The van der Waals surface area contributed by atoms with Crippen molar-refractivity contribution in [3.8, 4) is 0 Å². The highest BCUT2D eigenvalue weighted by Crippen LogP contribution is 2.16. The number of aryl methyl sites for hydroxylation is 1. The first-order valence-electron chi connectivity index (χ1n) is 6.87. The molecule has 0 radical (unpaired) electrons. The molecule has 0 saturated heterocycles. The number of fused-ring (bicyclic) bond motifs is 1. The summed E-state index contributed by atoms with van der Waals surface area (Å²) in [5.74, 6) is 0.213. The molecule has 0 aliphatic heterocycles. The molecule has 2 heterocycles. The maximum atomic E-state index is 12.4. The Labute approximate surface area is 128 Å². The maximum Gasteiger partial charge on any atom is 0.263 e. The Kier molecular flexibility index (Phi) is 3.76. The van der Waals surface area contributed by atoms with Crippen molar-refractivity contribution in [2.24, 2.45) is 0 Å². The Morgan fingerprint density at radius 1 is 1.14 bits per heavy atom. The molecule has 0 spiro atoms. The number of nitrogens with one attached hydrogen (secondary N) is 1. The van der Waals surface area contributed by atoms with Crippen LogP contribution in [-0.2, 0) is 16.4 Å². The third-order valence-electron chi connectivity index (χ3n) is 3.17. The SMILES string of the molecule is CCCc1ccc(S(=O)(=O)Nc2ccc3nncn3n2)cc1. The molecule has 0 amide bonds. The second-order valence-corrected chi connectivity index (χ2v) is 6.53. The Hall–Kier alpha value is -2.48. The Bertz CT molecular complexity index is 887. The van der Waals surface area contributed by atoms with Gasteiger partial charge in [0, 0.05) is 0 Å². The minimum absolute atomic E-state index is 0.206. The van der Waals surface area contributed by atoms with Gasteiger partial charge in [-0.15, -0.1) is 15.3 Å². The van der Waals surface area contributed by atoms with Crippen molar-refractivity contribution in [1.82, 2.24) is 19.8 Å². The van der Waals surface area contributed by atoms with E-state index in [-0.39, 0.29) is 10.7 Å². The minimum Gasteiger partial charge on any atom is -0.262 e. The number of benzene rings is 1. The molecule has 0 fully saturated rings. The Balaban J connectivity index is 1.85. The van der Waals surface area contributed by atoms with Crippen LogP contribution < -0.4 is 4.72 Å². The van der Waals surface area contributed by atoms with E-state index >= 15 is 0 Å². The quantitative estimate of drug-likeness (QED) is 0.776. The lowest BCUT2D eigenvalue weighted by atomic mass is 10.1. The van der Waals surface area contributed by atoms with E-state index in [2.05, 4.69) is 26.9 Å². The smallest absolute Gasteiger partial charge is 0.262 e. The highest BCUT2D eigenvalue weighted by Gasteiger charge is 2.15. The van der Waals surface area contributed by atoms with Crippen LogP contribution in [-0.4, -0.2) is 28.2 Å². The van der Waals surface area contributed by atoms with Gasteiger partial charge in [0.05, 0.1) is 4.90 Å². The lowest BCUT2D eigenvalue weighted by molar-refractivity contribution is 0.601. The van der Waals surface area contributed by atoms with E-state index in [1.807, 2.05) is 12.1 Å². The van der Waals surface area contributed by atoms with Gasteiger partial charge in [0.25, 0.3) is 10.0 Å². The van der Waals surface area contributed by atoms with Crippen molar-refractivity contribution < 1.29 is 8.42 Å². The fourth-order valence-corrected chi connectivity index (χ4v) is 3.10. The molecule has 0 unspecified atom stereocenters. The predicted molar refractivity (Wildman–Crippen MR) is 82.0 cm³/mol. The first kappa shape index (κ1) is 14.5. The molecule has 0 atom stereocenters. The molecule has 8 heteroatoms. The Morgan fingerprint density at radius 3 is 2.64 bits per heavy atom. The van der Waals surface area contributed by atoms with E-state index in [1.54, 1.807) is 24.3 Å². The van der Waals surface area contributed by atoms with E-state index in [9.17, 15) is 8.42 Å². The van der Waals surface area contributed by atoms with Gasteiger partial charge < -0.3 is 0 Å². The van der Waals surface area contributed by atoms with Crippen molar-refractivity contribution in [2.45, 2.75) is 24.7 Å². The van der Waals surface area contributed by atoms with Crippen molar-refractivity contribution in [3.05, 3.63) is 48.3 Å². The molecule has 0 saturated carbocycles. The first-order valence-corrected chi connectivity index (χ1v) is 8.35. The van der Waals surface area contributed by atoms with E-state index in [0.29, 0.717) is 5.65 Å². The summed E-state index contributed by atoms with van der Waals surface area (Å²) < 4.78 is 28.6. The molecule has 0 aliphatic rings. The molecule has 3 aromatic rings. The summed E-state index contributed by atoms with van der Waals surface area (Å²) in [6.07, 6.45) is 3.36. The maximum absolute atomic E-state index is 12.4. The van der Waals surface area contributed by atoms with Crippen molar-refractivity contribution in [1.29, 1.82) is 0 Å². The van der Waals surface area contributed by atoms with Crippen LogP contribution in [0.25, 0.3) is 5.65 Å². The molecule has 7 nitrogen and oxygen atoms in total. The van der Waals surface area contributed by atoms with Gasteiger partial charge in [-0.1, -0.05) is 25.5 Å². The van der Waals surface area contributed by atoms with E-state index in [1.165, 1.54) is 10.8 Å². The van der Waals surface area contributed by atoms with Gasteiger partial charge in [-0.3, -0.25) is 4.72 Å². The van der Waals surface area contributed by atoms with Crippen LogP contribution in [0.4, 0.5) is 5.82 Å². The van der Waals surface area contributed by atoms with Crippen LogP contribution >= 0.6 is 0 Å². The number of hydrogen-bond acceptors (Lipinski definition) is 5. The number of hydrogen-bond donors (Lipinski definition) is 1. The zero-order chi connectivity index (χ0) is 15.6. The number of nitrogens with zero attached hydrogens (tertiary/aromatic N) is 4. The second-order valence-electron chi connectivity index (χ2n) is 4.85. The van der Waals surface area contributed by atoms with Crippen LogP contribution in [0.2, 0.25) is 0 Å². The van der Waals surface area contributed by atoms with Crippen molar-refractivity contribution in [3.63, 3.8) is 0 Å². The number of sulfonamides is 1. The van der Waals surface area contributed by atoms with Gasteiger partial charge in [0.2, 0.25) is 0 Å². The van der Waals surface area contributed by atoms with E-state index in [0.717, 1.165) is 18.4 Å². The summed E-state index contributed by atoms with van der Waals surface area (Å²) in [7, 11) is -3.66. The van der Waals surface area contributed by atoms with Crippen LogP contribution in [0, 0.1) is 0 Å². The van der Waals surface area contributed by atoms with E-state index in [4.69, 9.17) is 0 Å². The molecular formula is C14H15N5O2S. The fourth-order valence-electron chi connectivity index (χ4n) is 2.10. The topological polar surface area (TPSA) is 89.2 Å². The zero-order valence-corrected chi connectivity index (χ0v) is 12.8. The summed E-state index contributed by atoms with van der Waals surface area (Å²) in [4.78, 5) is 0.206. The predicted octanol–water partition coefficient (Wildman–Crippen LogP) is 1.88.